The maximum Gasteiger partial charge on any atom is 0.126 e. The zero-order valence-electron chi connectivity index (χ0n) is 13.0. The van der Waals surface area contributed by atoms with Gasteiger partial charge in [0.25, 0.3) is 0 Å². The Kier molecular flexibility index (Phi) is 8.18. The molecule has 1 rings (SSSR count). The Morgan fingerprint density at radius 2 is 2.05 bits per heavy atom. The van der Waals surface area contributed by atoms with Crippen LogP contribution >= 0.6 is 0 Å². The molecule has 20 heavy (non-hydrogen) atoms. The quantitative estimate of drug-likeness (QED) is 0.685. The molecular weight excluding hydrogens is 254 g/mol. The van der Waals surface area contributed by atoms with Gasteiger partial charge in [-0.3, -0.25) is 0 Å². The van der Waals surface area contributed by atoms with Crippen LogP contribution in [0.4, 0.5) is 5.82 Å². The number of pyridine rings is 1. The van der Waals surface area contributed by atoms with Crippen LogP contribution in [0.1, 0.15) is 25.1 Å². The molecular formula is C15H27N3O2. The first-order valence-corrected chi connectivity index (χ1v) is 7.19. The number of nitrogens with zero attached hydrogens (tertiary/aromatic N) is 1. The third kappa shape index (κ3) is 5.86. The fourth-order valence-corrected chi connectivity index (χ4v) is 1.91. The van der Waals surface area contributed by atoms with Crippen LogP contribution in [-0.2, 0) is 22.4 Å². The van der Waals surface area contributed by atoms with E-state index >= 15 is 0 Å². The van der Waals surface area contributed by atoms with Crippen LogP contribution in [0.3, 0.4) is 0 Å². The lowest BCUT2D eigenvalue weighted by Crippen LogP contribution is -2.27. The summed E-state index contributed by atoms with van der Waals surface area (Å²) in [5.74, 6) is 0.899. The summed E-state index contributed by atoms with van der Waals surface area (Å²) < 4.78 is 10.4. The van der Waals surface area contributed by atoms with Gasteiger partial charge in [0, 0.05) is 33.0 Å². The average molecular weight is 281 g/mol. The van der Waals surface area contributed by atoms with E-state index in [4.69, 9.17) is 9.47 Å². The predicted octanol–water partition coefficient (Wildman–Crippen LogP) is 1.83. The van der Waals surface area contributed by atoms with Crippen molar-refractivity contribution in [1.82, 2.24) is 10.3 Å². The number of aromatic nitrogens is 1. The summed E-state index contributed by atoms with van der Waals surface area (Å²) in [6.07, 6.45) is 0.963. The zero-order chi connectivity index (χ0) is 14.8. The van der Waals surface area contributed by atoms with E-state index in [-0.39, 0.29) is 6.10 Å². The van der Waals surface area contributed by atoms with Crippen LogP contribution in [0, 0.1) is 0 Å². The third-order valence-electron chi connectivity index (χ3n) is 3.08. The fraction of sp³-hybridized carbons (Fsp3) is 0.667. The lowest BCUT2D eigenvalue weighted by atomic mass is 10.2. The number of nitrogens with one attached hydrogen (secondary N) is 2. The van der Waals surface area contributed by atoms with Crippen molar-refractivity contribution in [2.75, 3.05) is 39.2 Å². The van der Waals surface area contributed by atoms with Gasteiger partial charge in [0.15, 0.2) is 0 Å². The summed E-state index contributed by atoms with van der Waals surface area (Å²) in [4.78, 5) is 4.59. The molecule has 0 saturated carbocycles. The number of hydrogen-bond donors (Lipinski definition) is 2. The molecule has 0 amide bonds. The van der Waals surface area contributed by atoms with E-state index < -0.39 is 0 Å². The number of rotatable bonds is 10. The Hall–Kier alpha value is -1.17. The van der Waals surface area contributed by atoms with Crippen molar-refractivity contribution in [2.24, 2.45) is 0 Å². The molecule has 0 spiro atoms. The molecule has 1 unspecified atom stereocenters. The molecule has 1 heterocycles. The summed E-state index contributed by atoms with van der Waals surface area (Å²) in [6, 6.07) is 4.23. The second kappa shape index (κ2) is 9.69. The number of ether oxygens (including phenoxy) is 2. The van der Waals surface area contributed by atoms with E-state index in [1.54, 1.807) is 14.2 Å². The smallest absolute Gasteiger partial charge is 0.126 e. The highest BCUT2D eigenvalue weighted by molar-refractivity contribution is 5.40. The predicted molar refractivity (Wildman–Crippen MR) is 82.2 cm³/mol. The molecule has 1 atom stereocenters. The van der Waals surface area contributed by atoms with Crippen LogP contribution in [0.2, 0.25) is 0 Å². The van der Waals surface area contributed by atoms with Crippen LogP contribution in [-0.4, -0.2) is 45.0 Å². The lowest BCUT2D eigenvalue weighted by Gasteiger charge is -2.16. The summed E-state index contributed by atoms with van der Waals surface area (Å²) in [6.45, 7) is 7.31. The molecule has 0 radical (unpaired) electrons. The first-order valence-electron chi connectivity index (χ1n) is 7.19. The molecule has 2 N–H and O–H groups in total. The highest BCUT2D eigenvalue weighted by atomic mass is 16.5. The van der Waals surface area contributed by atoms with Gasteiger partial charge in [0.2, 0.25) is 0 Å². The van der Waals surface area contributed by atoms with Gasteiger partial charge in [-0.25, -0.2) is 4.98 Å². The van der Waals surface area contributed by atoms with Gasteiger partial charge >= 0.3 is 0 Å². The highest BCUT2D eigenvalue weighted by Gasteiger charge is 2.08. The molecule has 0 fully saturated rings. The van der Waals surface area contributed by atoms with Crippen molar-refractivity contribution in [3.63, 3.8) is 0 Å². The molecule has 0 aliphatic rings. The van der Waals surface area contributed by atoms with Gasteiger partial charge in [-0.1, -0.05) is 13.8 Å². The molecule has 0 aliphatic heterocycles. The van der Waals surface area contributed by atoms with Gasteiger partial charge in [-0.05, 0) is 30.7 Å². The molecule has 0 saturated heterocycles. The average Bonchev–Trinajstić information content (AvgIpc) is 2.49. The Balaban J connectivity index is 2.67. The molecule has 114 valence electrons. The standard InChI is InChI=1S/C15H27N3O2/c1-5-13-7-12(9-16-6-2)8-15(18-13)17-10-14(20-4)11-19-3/h7-8,14,16H,5-6,9-11H2,1-4H3,(H,17,18). The monoisotopic (exact) mass is 281 g/mol. The number of anilines is 1. The van der Waals surface area contributed by atoms with Gasteiger partial charge in [-0.2, -0.15) is 0 Å². The molecule has 1 aromatic heterocycles. The lowest BCUT2D eigenvalue weighted by molar-refractivity contribution is 0.0365. The normalized spacial score (nSPS) is 12.4. The maximum absolute atomic E-state index is 5.34. The molecule has 5 heteroatoms. The second-order valence-corrected chi connectivity index (χ2v) is 4.68. The summed E-state index contributed by atoms with van der Waals surface area (Å²) in [5.41, 5.74) is 2.35. The van der Waals surface area contributed by atoms with Crippen molar-refractivity contribution in [1.29, 1.82) is 0 Å². The highest BCUT2D eigenvalue weighted by Crippen LogP contribution is 2.11. The number of hydrogen-bond acceptors (Lipinski definition) is 5. The van der Waals surface area contributed by atoms with Crippen molar-refractivity contribution in [3.05, 3.63) is 23.4 Å². The molecule has 0 bridgehead atoms. The number of aryl methyl sites for hydroxylation is 1. The van der Waals surface area contributed by atoms with Gasteiger partial charge in [0.1, 0.15) is 5.82 Å². The Morgan fingerprint density at radius 1 is 1.25 bits per heavy atom. The van der Waals surface area contributed by atoms with Crippen molar-refractivity contribution < 1.29 is 9.47 Å². The summed E-state index contributed by atoms with van der Waals surface area (Å²) in [5, 5.41) is 6.67. The topological polar surface area (TPSA) is 55.4 Å². The van der Waals surface area contributed by atoms with E-state index in [1.165, 1.54) is 5.56 Å². The van der Waals surface area contributed by atoms with Crippen LogP contribution in [0.25, 0.3) is 0 Å². The maximum atomic E-state index is 5.34. The van der Waals surface area contributed by atoms with E-state index in [9.17, 15) is 0 Å². The minimum atomic E-state index is 0.0318. The summed E-state index contributed by atoms with van der Waals surface area (Å²) in [7, 11) is 3.37. The number of methoxy groups -OCH3 is 2. The Labute approximate surface area is 122 Å². The molecule has 0 aliphatic carbocycles. The van der Waals surface area contributed by atoms with E-state index in [0.717, 1.165) is 31.0 Å². The minimum absolute atomic E-state index is 0.0318. The van der Waals surface area contributed by atoms with Gasteiger partial charge in [0.05, 0.1) is 12.7 Å². The van der Waals surface area contributed by atoms with Crippen molar-refractivity contribution in [3.8, 4) is 0 Å². The first kappa shape index (κ1) is 16.9. The van der Waals surface area contributed by atoms with Crippen molar-refractivity contribution >= 4 is 5.82 Å². The van der Waals surface area contributed by atoms with Crippen LogP contribution < -0.4 is 10.6 Å². The van der Waals surface area contributed by atoms with Gasteiger partial charge in [-0.15, -0.1) is 0 Å². The molecule has 0 aromatic carbocycles. The minimum Gasteiger partial charge on any atom is -0.382 e. The first-order chi connectivity index (χ1) is 9.73. The SMILES string of the molecule is CCNCc1cc(CC)nc(NCC(COC)OC)c1. The van der Waals surface area contributed by atoms with Crippen LogP contribution in [0.15, 0.2) is 12.1 Å². The second-order valence-electron chi connectivity index (χ2n) is 4.68. The van der Waals surface area contributed by atoms with Crippen LogP contribution in [0.5, 0.6) is 0 Å². The van der Waals surface area contributed by atoms with E-state index in [2.05, 4.69) is 41.6 Å². The van der Waals surface area contributed by atoms with Gasteiger partial charge < -0.3 is 20.1 Å². The zero-order valence-corrected chi connectivity index (χ0v) is 13.0. The largest absolute Gasteiger partial charge is 0.382 e. The van der Waals surface area contributed by atoms with E-state index in [0.29, 0.717) is 13.2 Å². The summed E-state index contributed by atoms with van der Waals surface area (Å²) >= 11 is 0. The Morgan fingerprint density at radius 3 is 2.65 bits per heavy atom. The van der Waals surface area contributed by atoms with Crippen molar-refractivity contribution in [2.45, 2.75) is 32.9 Å². The van der Waals surface area contributed by atoms with E-state index in [1.807, 2.05) is 0 Å². The Bertz CT molecular complexity index is 385. The third-order valence-corrected chi connectivity index (χ3v) is 3.08. The molecule has 1 aromatic rings. The fourth-order valence-electron chi connectivity index (χ4n) is 1.91. The molecule has 5 nitrogen and oxygen atoms in total.